The zero-order valence-electron chi connectivity index (χ0n) is 19.5. The molecule has 0 aliphatic heterocycles. The van der Waals surface area contributed by atoms with Crippen LogP contribution in [-0.2, 0) is 0 Å². The van der Waals surface area contributed by atoms with Crippen LogP contribution in [0.25, 0.3) is 10.9 Å². The minimum Gasteiger partial charge on any atom is -0.492 e. The first-order valence-corrected chi connectivity index (χ1v) is 11.6. The van der Waals surface area contributed by atoms with E-state index in [1.807, 2.05) is 6.92 Å². The third kappa shape index (κ3) is 5.11. The number of nitrogens with two attached hydrogens (primary N) is 1. The Bertz CT molecular complexity index is 1420. The van der Waals surface area contributed by atoms with Gasteiger partial charge < -0.3 is 20.5 Å². The second-order valence-electron chi connectivity index (χ2n) is 8.84. The zero-order valence-corrected chi connectivity index (χ0v) is 19.5. The number of carbonyl (C=O) groups excluding carboxylic acids is 1. The average Bonchev–Trinajstić information content (AvgIpc) is 3.70. The monoisotopic (exact) mass is 490 g/mol. The molecule has 2 aromatic carbocycles. The molecule has 0 saturated heterocycles. The number of benzene rings is 2. The quantitative estimate of drug-likeness (QED) is 0.336. The molecule has 0 spiro atoms. The molecular weight excluding hydrogens is 466 g/mol. The number of amides is 1. The van der Waals surface area contributed by atoms with Crippen LogP contribution in [0.1, 0.15) is 41.6 Å². The second kappa shape index (κ2) is 9.87. The molecule has 0 radical (unpaired) electrons. The van der Waals surface area contributed by atoms with E-state index in [0.717, 1.165) is 30.5 Å². The predicted molar refractivity (Wildman–Crippen MR) is 131 cm³/mol. The van der Waals surface area contributed by atoms with Gasteiger partial charge in [0.1, 0.15) is 18.1 Å². The van der Waals surface area contributed by atoms with Gasteiger partial charge in [0.15, 0.2) is 17.4 Å². The molecular formula is C27H24F2N4O3. The van der Waals surface area contributed by atoms with Crippen LogP contribution in [0.15, 0.2) is 61.1 Å². The van der Waals surface area contributed by atoms with E-state index < -0.39 is 23.3 Å². The largest absolute Gasteiger partial charge is 0.492 e. The first kappa shape index (κ1) is 23.6. The molecule has 1 atom stereocenters. The van der Waals surface area contributed by atoms with Crippen LogP contribution >= 0.6 is 0 Å². The fourth-order valence-electron chi connectivity index (χ4n) is 3.89. The molecule has 2 aromatic heterocycles. The van der Waals surface area contributed by atoms with Crippen molar-refractivity contribution < 1.29 is 23.0 Å². The van der Waals surface area contributed by atoms with Crippen LogP contribution in [0.3, 0.4) is 0 Å². The highest BCUT2D eigenvalue weighted by molar-refractivity contribution is 6.05. The van der Waals surface area contributed by atoms with Crippen molar-refractivity contribution in [1.82, 2.24) is 9.97 Å². The molecule has 1 aliphatic rings. The molecule has 3 N–H and O–H groups in total. The molecule has 1 amide bonds. The molecule has 1 saturated carbocycles. The lowest BCUT2D eigenvalue weighted by molar-refractivity contribution is 0.102. The minimum atomic E-state index is -0.958. The van der Waals surface area contributed by atoms with Gasteiger partial charge in [-0.2, -0.15) is 0 Å². The molecule has 7 nitrogen and oxygen atoms in total. The van der Waals surface area contributed by atoms with Crippen molar-refractivity contribution in [2.24, 2.45) is 5.73 Å². The van der Waals surface area contributed by atoms with Gasteiger partial charge in [-0.25, -0.2) is 8.78 Å². The number of hydrogen-bond donors (Lipinski definition) is 2. The third-order valence-electron chi connectivity index (χ3n) is 5.77. The van der Waals surface area contributed by atoms with Gasteiger partial charge in [0.25, 0.3) is 5.91 Å². The number of ether oxygens (including phenoxy) is 2. The lowest BCUT2D eigenvalue weighted by Gasteiger charge is -2.14. The van der Waals surface area contributed by atoms with E-state index in [4.69, 9.17) is 15.2 Å². The van der Waals surface area contributed by atoms with Crippen molar-refractivity contribution in [2.75, 3.05) is 11.9 Å². The van der Waals surface area contributed by atoms with Crippen LogP contribution in [-0.4, -0.2) is 28.5 Å². The highest BCUT2D eigenvalue weighted by atomic mass is 19.1. The number of carbonyl (C=O) groups is 1. The predicted octanol–water partition coefficient (Wildman–Crippen LogP) is 5.56. The summed E-state index contributed by atoms with van der Waals surface area (Å²) in [5, 5.41) is 3.11. The van der Waals surface area contributed by atoms with Crippen LogP contribution in [0.5, 0.6) is 17.2 Å². The lowest BCUT2D eigenvalue weighted by Crippen LogP contribution is -2.23. The number of nitrogens with one attached hydrogen (secondary N) is 1. The Morgan fingerprint density at radius 3 is 2.64 bits per heavy atom. The van der Waals surface area contributed by atoms with E-state index in [2.05, 4.69) is 15.3 Å². The minimum absolute atomic E-state index is 0.0246. The van der Waals surface area contributed by atoms with Crippen molar-refractivity contribution in [1.29, 1.82) is 0 Å². The maximum absolute atomic E-state index is 14.9. The fraction of sp³-hybridized carbons (Fsp3) is 0.222. The summed E-state index contributed by atoms with van der Waals surface area (Å²) in [5.41, 5.74) is 7.51. The number of hydrogen-bond acceptors (Lipinski definition) is 6. The number of aromatic nitrogens is 2. The molecule has 2 heterocycles. The summed E-state index contributed by atoms with van der Waals surface area (Å²) in [6.07, 6.45) is 6.58. The number of halogens is 2. The molecule has 9 heteroatoms. The highest BCUT2D eigenvalue weighted by Crippen LogP contribution is 2.41. The van der Waals surface area contributed by atoms with Crippen molar-refractivity contribution in [3.8, 4) is 17.2 Å². The summed E-state index contributed by atoms with van der Waals surface area (Å²) < 4.78 is 41.1. The molecule has 5 rings (SSSR count). The van der Waals surface area contributed by atoms with Crippen molar-refractivity contribution in [3.05, 3.63) is 83.8 Å². The summed E-state index contributed by atoms with van der Waals surface area (Å²) in [6, 6.07) is 10.3. The smallest absolute Gasteiger partial charge is 0.257 e. The third-order valence-corrected chi connectivity index (χ3v) is 5.77. The van der Waals surface area contributed by atoms with Gasteiger partial charge in [-0.05, 0) is 55.5 Å². The van der Waals surface area contributed by atoms with E-state index in [9.17, 15) is 13.6 Å². The van der Waals surface area contributed by atoms with Gasteiger partial charge >= 0.3 is 0 Å². The average molecular weight is 491 g/mol. The van der Waals surface area contributed by atoms with Crippen LogP contribution < -0.4 is 20.5 Å². The Hall–Kier alpha value is -4.11. The summed E-state index contributed by atoms with van der Waals surface area (Å²) in [4.78, 5) is 21.1. The Labute approximate surface area is 206 Å². The first-order valence-electron chi connectivity index (χ1n) is 11.6. The summed E-state index contributed by atoms with van der Waals surface area (Å²) >= 11 is 0. The lowest BCUT2D eigenvalue weighted by atomic mass is 10.1. The maximum Gasteiger partial charge on any atom is 0.257 e. The molecule has 1 aliphatic carbocycles. The molecule has 36 heavy (non-hydrogen) atoms. The van der Waals surface area contributed by atoms with Crippen molar-refractivity contribution in [2.45, 2.75) is 31.7 Å². The maximum atomic E-state index is 14.9. The first-order chi connectivity index (χ1) is 17.4. The van der Waals surface area contributed by atoms with E-state index in [0.29, 0.717) is 34.7 Å². The van der Waals surface area contributed by atoms with Gasteiger partial charge in [0.05, 0.1) is 11.1 Å². The standard InChI is InChI=1S/C27H24F2N4O3/c1-15(30)14-35-18-4-5-20-24(12-18)32-9-7-25(20)36-26-22(28)10-17(11-23(26)29)33-27(34)21-13-31-8-6-19(21)16-2-3-16/h4-13,15-16H,2-3,14,30H2,1H3,(H,33,34)/t15-/m0/s1. The SMILES string of the molecule is C[C@H](N)COc1ccc2c(Oc3c(F)cc(NC(=O)c4cnccc4C4CC4)cc3F)ccnc2c1. The highest BCUT2D eigenvalue weighted by Gasteiger charge is 2.28. The Morgan fingerprint density at radius 2 is 1.92 bits per heavy atom. The Morgan fingerprint density at radius 1 is 1.14 bits per heavy atom. The van der Waals surface area contributed by atoms with Crippen molar-refractivity contribution in [3.63, 3.8) is 0 Å². The van der Waals surface area contributed by atoms with Gasteiger partial charge in [-0.15, -0.1) is 0 Å². The Kier molecular flexibility index (Phi) is 6.47. The number of pyridine rings is 2. The van der Waals surface area contributed by atoms with Gasteiger partial charge in [0.2, 0.25) is 0 Å². The molecule has 0 bridgehead atoms. The van der Waals surface area contributed by atoms with E-state index in [-0.39, 0.29) is 17.5 Å². The van der Waals surface area contributed by atoms with Crippen LogP contribution in [0.4, 0.5) is 14.5 Å². The number of anilines is 1. The van der Waals surface area contributed by atoms with Crippen LogP contribution in [0, 0.1) is 11.6 Å². The normalized spacial score (nSPS) is 13.9. The van der Waals surface area contributed by atoms with Gasteiger partial charge in [0, 0.05) is 53.9 Å². The number of fused-ring (bicyclic) bond motifs is 1. The topological polar surface area (TPSA) is 99.4 Å². The summed E-state index contributed by atoms with van der Waals surface area (Å²) in [5.74, 6) is -1.86. The van der Waals surface area contributed by atoms with Gasteiger partial charge in [-0.1, -0.05) is 0 Å². The zero-order chi connectivity index (χ0) is 25.2. The second-order valence-corrected chi connectivity index (χ2v) is 8.84. The molecule has 184 valence electrons. The van der Waals surface area contributed by atoms with E-state index in [1.54, 1.807) is 30.5 Å². The summed E-state index contributed by atoms with van der Waals surface area (Å²) in [6.45, 7) is 2.17. The van der Waals surface area contributed by atoms with E-state index >= 15 is 0 Å². The van der Waals surface area contributed by atoms with E-state index in [1.165, 1.54) is 18.5 Å². The number of nitrogens with zero attached hydrogens (tertiary/aromatic N) is 2. The van der Waals surface area contributed by atoms with Crippen LogP contribution in [0.2, 0.25) is 0 Å². The van der Waals surface area contributed by atoms with Gasteiger partial charge in [-0.3, -0.25) is 14.8 Å². The Balaban J connectivity index is 1.36. The fourth-order valence-corrected chi connectivity index (χ4v) is 3.89. The molecule has 4 aromatic rings. The molecule has 0 unspecified atom stereocenters. The summed E-state index contributed by atoms with van der Waals surface area (Å²) in [7, 11) is 0. The van der Waals surface area contributed by atoms with Crippen molar-refractivity contribution >= 4 is 22.5 Å². The molecule has 1 fully saturated rings. The number of rotatable bonds is 8.